The summed E-state index contributed by atoms with van der Waals surface area (Å²) in [5, 5.41) is 5.04. The van der Waals surface area contributed by atoms with Gasteiger partial charge < -0.3 is 5.32 Å². The first-order valence-corrected chi connectivity index (χ1v) is 6.91. The van der Waals surface area contributed by atoms with Gasteiger partial charge in [0.05, 0.1) is 12.5 Å². The molecule has 0 radical (unpaired) electrons. The van der Waals surface area contributed by atoms with Crippen LogP contribution in [0.3, 0.4) is 0 Å². The van der Waals surface area contributed by atoms with Gasteiger partial charge in [0.1, 0.15) is 0 Å². The standard InChI is InChI=1S/C12H17F3N2S.2ClH/c1-9-2-7-18-11(9)10(8-12(13,14)15)17-5-3-16-4-6-17;;/h2,7,10,16H,3-6,8H2,1H3;2*1H/t10-;;/m0../s1. The van der Waals surface area contributed by atoms with Crippen LogP contribution in [0.5, 0.6) is 0 Å². The molecule has 0 aliphatic carbocycles. The number of hydrogen-bond acceptors (Lipinski definition) is 3. The fraction of sp³-hybridized carbons (Fsp3) is 0.667. The van der Waals surface area contributed by atoms with Crippen LogP contribution in [0.1, 0.15) is 22.9 Å². The van der Waals surface area contributed by atoms with E-state index in [1.807, 2.05) is 23.3 Å². The van der Waals surface area contributed by atoms with E-state index < -0.39 is 18.6 Å². The normalized spacial score (nSPS) is 18.0. The molecule has 0 aromatic carbocycles. The SMILES string of the molecule is Cc1ccsc1[C@H](CC(F)(F)F)N1CCNCC1.Cl.Cl. The van der Waals surface area contributed by atoms with Gasteiger partial charge in [-0.2, -0.15) is 13.2 Å². The largest absolute Gasteiger partial charge is 0.390 e. The van der Waals surface area contributed by atoms with E-state index in [0.717, 1.165) is 23.5 Å². The molecule has 2 nitrogen and oxygen atoms in total. The molecule has 0 amide bonds. The highest BCUT2D eigenvalue weighted by Gasteiger charge is 2.36. The number of nitrogens with one attached hydrogen (secondary N) is 1. The molecular weight excluding hydrogens is 332 g/mol. The van der Waals surface area contributed by atoms with E-state index in [-0.39, 0.29) is 24.8 Å². The Bertz CT molecular complexity index is 392. The fourth-order valence-electron chi connectivity index (χ4n) is 2.33. The molecule has 1 N–H and O–H groups in total. The monoisotopic (exact) mass is 350 g/mol. The van der Waals surface area contributed by atoms with Gasteiger partial charge in [0, 0.05) is 31.1 Å². The molecule has 118 valence electrons. The van der Waals surface area contributed by atoms with Crippen LogP contribution in [0.25, 0.3) is 0 Å². The maximum Gasteiger partial charge on any atom is 0.390 e. The van der Waals surface area contributed by atoms with Crippen molar-refractivity contribution in [3.05, 3.63) is 21.9 Å². The second-order valence-corrected chi connectivity index (χ2v) is 5.54. The molecule has 1 aliphatic rings. The van der Waals surface area contributed by atoms with Crippen molar-refractivity contribution in [1.29, 1.82) is 0 Å². The van der Waals surface area contributed by atoms with Crippen LogP contribution in [0, 0.1) is 6.92 Å². The molecule has 0 unspecified atom stereocenters. The molecule has 8 heteroatoms. The summed E-state index contributed by atoms with van der Waals surface area (Å²) in [5.74, 6) is 0. The number of alkyl halides is 3. The molecule has 0 bridgehead atoms. The Kier molecular flexibility index (Phi) is 8.43. The first-order valence-electron chi connectivity index (χ1n) is 6.03. The van der Waals surface area contributed by atoms with Crippen LogP contribution in [-0.4, -0.2) is 37.3 Å². The summed E-state index contributed by atoms with van der Waals surface area (Å²) in [6.45, 7) is 4.77. The van der Waals surface area contributed by atoms with Gasteiger partial charge in [-0.15, -0.1) is 36.2 Å². The molecule has 1 aromatic heterocycles. The Morgan fingerprint density at radius 3 is 2.35 bits per heavy atom. The Balaban J connectivity index is 0.00000180. The van der Waals surface area contributed by atoms with Gasteiger partial charge in [0.2, 0.25) is 0 Å². The predicted octanol–water partition coefficient (Wildman–Crippen LogP) is 3.80. The van der Waals surface area contributed by atoms with Crippen molar-refractivity contribution in [2.75, 3.05) is 26.2 Å². The number of nitrogens with zero attached hydrogens (tertiary/aromatic N) is 1. The van der Waals surface area contributed by atoms with Crippen molar-refractivity contribution >= 4 is 36.2 Å². The van der Waals surface area contributed by atoms with Crippen LogP contribution in [0.15, 0.2) is 11.4 Å². The molecule has 1 atom stereocenters. The van der Waals surface area contributed by atoms with Crippen molar-refractivity contribution in [3.63, 3.8) is 0 Å². The number of thiophene rings is 1. The Hall–Kier alpha value is -0.0100. The summed E-state index contributed by atoms with van der Waals surface area (Å²) >= 11 is 1.43. The zero-order valence-electron chi connectivity index (χ0n) is 11.1. The van der Waals surface area contributed by atoms with Gasteiger partial charge in [0.15, 0.2) is 0 Å². The zero-order valence-corrected chi connectivity index (χ0v) is 13.5. The smallest absolute Gasteiger partial charge is 0.314 e. The number of hydrogen-bond donors (Lipinski definition) is 1. The van der Waals surface area contributed by atoms with Crippen LogP contribution in [-0.2, 0) is 0 Å². The molecular formula is C12H19Cl2F3N2S. The second-order valence-electron chi connectivity index (χ2n) is 4.59. The Morgan fingerprint density at radius 2 is 1.90 bits per heavy atom. The molecule has 20 heavy (non-hydrogen) atoms. The van der Waals surface area contributed by atoms with Gasteiger partial charge in [-0.1, -0.05) is 0 Å². The summed E-state index contributed by atoms with van der Waals surface area (Å²) in [4.78, 5) is 2.80. The number of halogens is 5. The van der Waals surface area contributed by atoms with Crippen molar-refractivity contribution in [2.45, 2.75) is 25.6 Å². The summed E-state index contributed by atoms with van der Waals surface area (Å²) < 4.78 is 38.2. The highest BCUT2D eigenvalue weighted by Crippen LogP contribution is 2.37. The molecule has 0 spiro atoms. The summed E-state index contributed by atoms with van der Waals surface area (Å²) in [6, 6.07) is 1.37. The average Bonchev–Trinajstić information content (AvgIpc) is 2.72. The summed E-state index contributed by atoms with van der Waals surface area (Å²) in [7, 11) is 0. The first-order chi connectivity index (χ1) is 8.47. The molecule has 1 aromatic rings. The van der Waals surface area contributed by atoms with E-state index in [4.69, 9.17) is 0 Å². The lowest BCUT2D eigenvalue weighted by molar-refractivity contribution is -0.148. The molecule has 1 aliphatic heterocycles. The zero-order chi connectivity index (χ0) is 13.2. The van der Waals surface area contributed by atoms with E-state index in [2.05, 4.69) is 5.32 Å². The third-order valence-electron chi connectivity index (χ3n) is 3.22. The van der Waals surface area contributed by atoms with E-state index in [1.165, 1.54) is 11.3 Å². The maximum atomic E-state index is 12.7. The molecule has 0 saturated carbocycles. The molecule has 1 saturated heterocycles. The van der Waals surface area contributed by atoms with Crippen molar-refractivity contribution in [2.24, 2.45) is 0 Å². The number of piperazine rings is 1. The van der Waals surface area contributed by atoms with Crippen LogP contribution in [0.2, 0.25) is 0 Å². The molecule has 2 heterocycles. The predicted molar refractivity (Wildman–Crippen MR) is 81.4 cm³/mol. The fourth-order valence-corrected chi connectivity index (χ4v) is 3.39. The van der Waals surface area contributed by atoms with Crippen molar-refractivity contribution in [1.82, 2.24) is 10.2 Å². The summed E-state index contributed by atoms with van der Waals surface area (Å²) in [6.07, 6.45) is -4.87. The van der Waals surface area contributed by atoms with E-state index in [0.29, 0.717) is 13.1 Å². The van der Waals surface area contributed by atoms with Crippen LogP contribution >= 0.6 is 36.2 Å². The van der Waals surface area contributed by atoms with Crippen LogP contribution in [0.4, 0.5) is 13.2 Å². The minimum atomic E-state index is -4.12. The van der Waals surface area contributed by atoms with E-state index >= 15 is 0 Å². The second kappa shape index (κ2) is 8.44. The van der Waals surface area contributed by atoms with Gasteiger partial charge in [-0.3, -0.25) is 4.90 Å². The summed E-state index contributed by atoms with van der Waals surface area (Å²) in [5.41, 5.74) is 0.966. The lowest BCUT2D eigenvalue weighted by atomic mass is 10.1. The number of rotatable bonds is 3. The lowest BCUT2D eigenvalue weighted by Crippen LogP contribution is -2.46. The average molecular weight is 351 g/mol. The van der Waals surface area contributed by atoms with Crippen LogP contribution < -0.4 is 5.32 Å². The van der Waals surface area contributed by atoms with Gasteiger partial charge >= 0.3 is 6.18 Å². The Labute approximate surface area is 133 Å². The highest BCUT2D eigenvalue weighted by molar-refractivity contribution is 7.10. The quantitative estimate of drug-likeness (QED) is 0.891. The van der Waals surface area contributed by atoms with Gasteiger partial charge in [-0.25, -0.2) is 0 Å². The topological polar surface area (TPSA) is 15.3 Å². The van der Waals surface area contributed by atoms with E-state index in [9.17, 15) is 13.2 Å². The third-order valence-corrected chi connectivity index (χ3v) is 4.34. The van der Waals surface area contributed by atoms with Gasteiger partial charge in [-0.05, 0) is 23.9 Å². The minimum Gasteiger partial charge on any atom is -0.314 e. The van der Waals surface area contributed by atoms with E-state index in [1.54, 1.807) is 0 Å². The van der Waals surface area contributed by atoms with Crippen molar-refractivity contribution < 1.29 is 13.2 Å². The number of aryl methyl sites for hydroxylation is 1. The van der Waals surface area contributed by atoms with Gasteiger partial charge in [0.25, 0.3) is 0 Å². The lowest BCUT2D eigenvalue weighted by Gasteiger charge is -2.35. The maximum absolute atomic E-state index is 12.7. The first kappa shape index (κ1) is 20.0. The highest BCUT2D eigenvalue weighted by atomic mass is 35.5. The molecule has 1 fully saturated rings. The Morgan fingerprint density at radius 1 is 1.30 bits per heavy atom. The minimum absolute atomic E-state index is 0. The molecule has 2 rings (SSSR count). The van der Waals surface area contributed by atoms with Crippen molar-refractivity contribution in [3.8, 4) is 0 Å². The third kappa shape index (κ3) is 5.41.